The monoisotopic (exact) mass is 222 g/mol. The van der Waals surface area contributed by atoms with Crippen LogP contribution in [-0.2, 0) is 9.47 Å². The lowest BCUT2D eigenvalue weighted by Crippen LogP contribution is -2.21. The van der Waals surface area contributed by atoms with Crippen LogP contribution in [-0.4, -0.2) is 18.4 Å². The molecular formula is C13H18O3. The van der Waals surface area contributed by atoms with Crippen LogP contribution < -0.4 is 0 Å². The summed E-state index contributed by atoms with van der Waals surface area (Å²) in [6.07, 6.45) is -0.478. The number of carbonyl (C=O) groups excluding carboxylic acids is 1. The molecule has 1 aromatic rings. The Morgan fingerprint density at radius 1 is 1.25 bits per heavy atom. The molecule has 0 N–H and O–H groups in total. The van der Waals surface area contributed by atoms with E-state index in [1.807, 2.05) is 32.9 Å². The van der Waals surface area contributed by atoms with Crippen LogP contribution in [0.25, 0.3) is 0 Å². The molecule has 0 heterocycles. The third kappa shape index (κ3) is 4.03. The van der Waals surface area contributed by atoms with Crippen molar-refractivity contribution in [1.29, 1.82) is 0 Å². The zero-order valence-electron chi connectivity index (χ0n) is 10.2. The Morgan fingerprint density at radius 2 is 1.94 bits per heavy atom. The minimum absolute atomic E-state index is 0.0420. The average molecular weight is 222 g/mol. The first-order valence-corrected chi connectivity index (χ1v) is 5.42. The topological polar surface area (TPSA) is 35.5 Å². The van der Waals surface area contributed by atoms with Crippen LogP contribution in [0.4, 0.5) is 0 Å². The van der Waals surface area contributed by atoms with E-state index in [-0.39, 0.29) is 12.1 Å². The predicted octanol–water partition coefficient (Wildman–Crippen LogP) is 2.92. The summed E-state index contributed by atoms with van der Waals surface area (Å²) in [4.78, 5) is 11.7. The number of hydrogen-bond acceptors (Lipinski definition) is 3. The molecule has 16 heavy (non-hydrogen) atoms. The van der Waals surface area contributed by atoms with Crippen molar-refractivity contribution in [2.24, 2.45) is 0 Å². The normalized spacial score (nSPS) is 12.6. The number of rotatable bonds is 4. The third-order valence-electron chi connectivity index (χ3n) is 1.99. The number of benzene rings is 1. The molecule has 0 aliphatic carbocycles. The second-order valence-corrected chi connectivity index (χ2v) is 4.03. The molecule has 0 amide bonds. The van der Waals surface area contributed by atoms with Gasteiger partial charge in [-0.05, 0) is 39.8 Å². The van der Waals surface area contributed by atoms with Gasteiger partial charge in [0.15, 0.2) is 0 Å². The standard InChI is InChI=1S/C13H18O3/c1-9(2)15-11(4)16-13(14)12-7-5-6-10(3)8-12/h5-9,11H,1-4H3. The summed E-state index contributed by atoms with van der Waals surface area (Å²) >= 11 is 0. The molecule has 0 fully saturated rings. The zero-order chi connectivity index (χ0) is 12.1. The van der Waals surface area contributed by atoms with Crippen LogP contribution in [0.15, 0.2) is 24.3 Å². The molecule has 0 saturated carbocycles. The Morgan fingerprint density at radius 3 is 2.50 bits per heavy atom. The molecule has 3 nitrogen and oxygen atoms in total. The minimum atomic E-state index is -0.520. The van der Waals surface area contributed by atoms with Gasteiger partial charge in [0.25, 0.3) is 0 Å². The molecule has 0 aromatic heterocycles. The van der Waals surface area contributed by atoms with Gasteiger partial charge in [0.05, 0.1) is 11.7 Å². The molecule has 88 valence electrons. The molecule has 0 radical (unpaired) electrons. The first-order valence-electron chi connectivity index (χ1n) is 5.42. The van der Waals surface area contributed by atoms with Gasteiger partial charge in [-0.15, -0.1) is 0 Å². The van der Waals surface area contributed by atoms with Gasteiger partial charge >= 0.3 is 5.97 Å². The highest BCUT2D eigenvalue weighted by atomic mass is 16.7. The lowest BCUT2D eigenvalue weighted by Gasteiger charge is -2.16. The van der Waals surface area contributed by atoms with Crippen LogP contribution in [0.5, 0.6) is 0 Å². The van der Waals surface area contributed by atoms with Gasteiger partial charge < -0.3 is 9.47 Å². The van der Waals surface area contributed by atoms with E-state index >= 15 is 0 Å². The summed E-state index contributed by atoms with van der Waals surface area (Å²) in [5, 5.41) is 0. The van der Waals surface area contributed by atoms with Crippen molar-refractivity contribution in [2.75, 3.05) is 0 Å². The number of hydrogen-bond donors (Lipinski definition) is 0. The molecule has 1 atom stereocenters. The van der Waals surface area contributed by atoms with Crippen molar-refractivity contribution in [3.8, 4) is 0 Å². The van der Waals surface area contributed by atoms with E-state index in [1.165, 1.54) is 0 Å². The zero-order valence-corrected chi connectivity index (χ0v) is 10.2. The summed E-state index contributed by atoms with van der Waals surface area (Å²) < 4.78 is 10.5. The van der Waals surface area contributed by atoms with Crippen LogP contribution in [0.3, 0.4) is 0 Å². The fourth-order valence-electron chi connectivity index (χ4n) is 1.40. The van der Waals surface area contributed by atoms with E-state index in [1.54, 1.807) is 19.1 Å². The van der Waals surface area contributed by atoms with E-state index in [4.69, 9.17) is 9.47 Å². The first kappa shape index (κ1) is 12.7. The largest absolute Gasteiger partial charge is 0.432 e. The van der Waals surface area contributed by atoms with Gasteiger partial charge in [0.1, 0.15) is 0 Å². The number of ether oxygens (including phenoxy) is 2. The van der Waals surface area contributed by atoms with Crippen molar-refractivity contribution in [1.82, 2.24) is 0 Å². The fourth-order valence-corrected chi connectivity index (χ4v) is 1.40. The Kier molecular flexibility index (Phi) is 4.50. The van der Waals surface area contributed by atoms with E-state index < -0.39 is 6.29 Å². The summed E-state index contributed by atoms with van der Waals surface area (Å²) in [6, 6.07) is 7.30. The molecule has 1 unspecified atom stereocenters. The molecule has 1 rings (SSSR count). The van der Waals surface area contributed by atoms with Crippen molar-refractivity contribution in [3.05, 3.63) is 35.4 Å². The van der Waals surface area contributed by atoms with Crippen LogP contribution in [0, 0.1) is 6.92 Å². The van der Waals surface area contributed by atoms with Gasteiger partial charge in [0, 0.05) is 0 Å². The van der Waals surface area contributed by atoms with Crippen molar-refractivity contribution in [3.63, 3.8) is 0 Å². The van der Waals surface area contributed by atoms with E-state index in [0.29, 0.717) is 5.56 Å². The second-order valence-electron chi connectivity index (χ2n) is 4.03. The predicted molar refractivity (Wildman–Crippen MR) is 62.3 cm³/mol. The van der Waals surface area contributed by atoms with Gasteiger partial charge in [-0.2, -0.15) is 0 Å². The molecule has 0 spiro atoms. The SMILES string of the molecule is Cc1cccc(C(=O)OC(C)OC(C)C)c1. The first-order chi connectivity index (χ1) is 7.49. The maximum absolute atomic E-state index is 11.7. The minimum Gasteiger partial charge on any atom is -0.432 e. The van der Waals surface area contributed by atoms with E-state index in [9.17, 15) is 4.79 Å². The Labute approximate surface area is 96.4 Å². The highest BCUT2D eigenvalue weighted by Crippen LogP contribution is 2.08. The quantitative estimate of drug-likeness (QED) is 0.580. The van der Waals surface area contributed by atoms with Gasteiger partial charge in [-0.25, -0.2) is 4.79 Å². The molecule has 0 aliphatic rings. The van der Waals surface area contributed by atoms with Crippen molar-refractivity contribution < 1.29 is 14.3 Å². The van der Waals surface area contributed by atoms with Crippen molar-refractivity contribution in [2.45, 2.75) is 40.1 Å². The average Bonchev–Trinajstić information content (AvgIpc) is 2.16. The number of carbonyl (C=O) groups is 1. The molecule has 3 heteroatoms. The summed E-state index contributed by atoms with van der Waals surface area (Å²) in [5.41, 5.74) is 1.59. The molecular weight excluding hydrogens is 204 g/mol. The summed E-state index contributed by atoms with van der Waals surface area (Å²) in [5.74, 6) is -0.350. The summed E-state index contributed by atoms with van der Waals surface area (Å²) in [6.45, 7) is 7.45. The fraction of sp³-hybridized carbons (Fsp3) is 0.462. The lowest BCUT2D eigenvalue weighted by molar-refractivity contribution is -0.120. The maximum Gasteiger partial charge on any atom is 0.340 e. The van der Waals surface area contributed by atoms with Gasteiger partial charge in [0.2, 0.25) is 6.29 Å². The molecule has 1 aromatic carbocycles. The Bertz CT molecular complexity index is 358. The Balaban J connectivity index is 2.59. The lowest BCUT2D eigenvalue weighted by atomic mass is 10.1. The molecule has 0 saturated heterocycles. The van der Waals surface area contributed by atoms with Crippen LogP contribution in [0.2, 0.25) is 0 Å². The van der Waals surface area contributed by atoms with E-state index in [0.717, 1.165) is 5.56 Å². The highest BCUT2D eigenvalue weighted by Gasteiger charge is 2.13. The van der Waals surface area contributed by atoms with Crippen LogP contribution >= 0.6 is 0 Å². The van der Waals surface area contributed by atoms with Crippen molar-refractivity contribution >= 4 is 5.97 Å². The van der Waals surface area contributed by atoms with Crippen LogP contribution in [0.1, 0.15) is 36.7 Å². The number of aryl methyl sites for hydroxylation is 1. The molecule has 0 bridgehead atoms. The maximum atomic E-state index is 11.7. The van der Waals surface area contributed by atoms with E-state index in [2.05, 4.69) is 0 Å². The third-order valence-corrected chi connectivity index (χ3v) is 1.99. The number of esters is 1. The second kappa shape index (κ2) is 5.66. The Hall–Kier alpha value is -1.35. The smallest absolute Gasteiger partial charge is 0.340 e. The molecule has 0 aliphatic heterocycles. The van der Waals surface area contributed by atoms with Gasteiger partial charge in [-0.3, -0.25) is 0 Å². The summed E-state index contributed by atoms with van der Waals surface area (Å²) in [7, 11) is 0. The van der Waals surface area contributed by atoms with Gasteiger partial charge in [-0.1, -0.05) is 17.7 Å². The highest BCUT2D eigenvalue weighted by molar-refractivity contribution is 5.89.